The third-order valence-corrected chi connectivity index (χ3v) is 1.79. The van der Waals surface area contributed by atoms with Crippen LogP contribution in [-0.2, 0) is 19.3 Å². The van der Waals surface area contributed by atoms with Crippen LogP contribution >= 0.6 is 0 Å². The van der Waals surface area contributed by atoms with Crippen LogP contribution in [-0.4, -0.2) is 56.2 Å². The highest BCUT2D eigenvalue weighted by molar-refractivity contribution is 7.80. The van der Waals surface area contributed by atoms with Gasteiger partial charge in [0.2, 0.25) is 0 Å². The average Bonchev–Trinajstić information content (AvgIpc) is 2.04. The summed E-state index contributed by atoms with van der Waals surface area (Å²) in [6.07, 6.45) is 0. The van der Waals surface area contributed by atoms with Gasteiger partial charge in [-0.2, -0.15) is 13.5 Å². The molecule has 1 fully saturated rings. The van der Waals surface area contributed by atoms with Crippen LogP contribution in [0.5, 0.6) is 0 Å². The SMILES string of the molecule is CCOS(=O)(=O)O.ON1CCOCC1. The van der Waals surface area contributed by atoms with Gasteiger partial charge in [-0.3, -0.25) is 4.55 Å². The summed E-state index contributed by atoms with van der Waals surface area (Å²) in [5.74, 6) is 0. The first kappa shape index (κ1) is 13.8. The molecule has 0 bridgehead atoms. The minimum atomic E-state index is -4.17. The smallest absolute Gasteiger partial charge is 0.379 e. The topological polar surface area (TPSA) is 96.3 Å². The number of rotatable bonds is 2. The van der Waals surface area contributed by atoms with E-state index in [0.29, 0.717) is 26.3 Å². The Hall–Kier alpha value is -0.250. The van der Waals surface area contributed by atoms with Gasteiger partial charge in [0.15, 0.2) is 0 Å². The second kappa shape index (κ2) is 7.10. The zero-order chi connectivity index (χ0) is 11.0. The molecule has 0 aromatic heterocycles. The van der Waals surface area contributed by atoms with E-state index < -0.39 is 10.4 Å². The van der Waals surface area contributed by atoms with E-state index in [2.05, 4.69) is 4.18 Å². The van der Waals surface area contributed by atoms with E-state index in [9.17, 15) is 8.42 Å². The maximum atomic E-state index is 9.56. The molecule has 0 unspecified atom stereocenters. The summed E-state index contributed by atoms with van der Waals surface area (Å²) in [5.41, 5.74) is 0. The summed E-state index contributed by atoms with van der Waals surface area (Å²) in [6, 6.07) is 0. The van der Waals surface area contributed by atoms with Crippen LogP contribution in [0.25, 0.3) is 0 Å². The molecule has 0 radical (unpaired) electrons. The molecule has 1 rings (SSSR count). The lowest BCUT2D eigenvalue weighted by Gasteiger charge is -2.19. The molecule has 0 saturated carbocycles. The third-order valence-electron chi connectivity index (χ3n) is 1.25. The highest BCUT2D eigenvalue weighted by Crippen LogP contribution is 1.89. The van der Waals surface area contributed by atoms with E-state index in [-0.39, 0.29) is 6.61 Å². The molecule has 7 nitrogen and oxygen atoms in total. The predicted octanol–water partition coefficient (Wildman–Crippen LogP) is -0.466. The van der Waals surface area contributed by atoms with E-state index in [1.54, 1.807) is 0 Å². The Balaban J connectivity index is 0.000000241. The number of nitrogens with zero attached hydrogens (tertiary/aromatic N) is 1. The van der Waals surface area contributed by atoms with Gasteiger partial charge >= 0.3 is 10.4 Å². The van der Waals surface area contributed by atoms with Crippen molar-refractivity contribution in [2.75, 3.05) is 32.9 Å². The first-order valence-electron chi connectivity index (χ1n) is 4.09. The Morgan fingerprint density at radius 3 is 2.07 bits per heavy atom. The molecule has 0 aromatic carbocycles. The maximum Gasteiger partial charge on any atom is 0.397 e. The molecular formula is C6H15NO6S. The van der Waals surface area contributed by atoms with Crippen LogP contribution < -0.4 is 0 Å². The highest BCUT2D eigenvalue weighted by Gasteiger charge is 2.04. The summed E-state index contributed by atoms with van der Waals surface area (Å²) >= 11 is 0. The molecule has 1 heterocycles. The third kappa shape index (κ3) is 9.84. The van der Waals surface area contributed by atoms with Crippen molar-refractivity contribution in [2.45, 2.75) is 6.92 Å². The minimum Gasteiger partial charge on any atom is -0.379 e. The second-order valence-corrected chi connectivity index (χ2v) is 3.49. The molecule has 0 aliphatic carbocycles. The van der Waals surface area contributed by atoms with Crippen molar-refractivity contribution in [1.82, 2.24) is 5.06 Å². The first-order chi connectivity index (χ1) is 6.45. The number of hydrogen-bond acceptors (Lipinski definition) is 6. The van der Waals surface area contributed by atoms with Crippen LogP contribution in [0.1, 0.15) is 6.92 Å². The monoisotopic (exact) mass is 229 g/mol. The normalized spacial score (nSPS) is 18.5. The van der Waals surface area contributed by atoms with Crippen molar-refractivity contribution >= 4 is 10.4 Å². The van der Waals surface area contributed by atoms with E-state index in [4.69, 9.17) is 14.5 Å². The number of hydroxylamine groups is 2. The Bertz CT molecular complexity index is 222. The molecule has 86 valence electrons. The van der Waals surface area contributed by atoms with Crippen LogP contribution in [0.15, 0.2) is 0 Å². The van der Waals surface area contributed by atoms with Gasteiger partial charge < -0.3 is 9.94 Å². The molecule has 1 saturated heterocycles. The summed E-state index contributed by atoms with van der Waals surface area (Å²) in [6.45, 7) is 4.07. The molecule has 0 amide bonds. The Labute approximate surface area is 83.1 Å². The average molecular weight is 229 g/mol. The first-order valence-corrected chi connectivity index (χ1v) is 5.45. The molecule has 8 heteroatoms. The van der Waals surface area contributed by atoms with Crippen molar-refractivity contribution in [3.8, 4) is 0 Å². The van der Waals surface area contributed by atoms with E-state index >= 15 is 0 Å². The highest BCUT2D eigenvalue weighted by atomic mass is 32.3. The lowest BCUT2D eigenvalue weighted by Crippen LogP contribution is -2.33. The van der Waals surface area contributed by atoms with Crippen molar-refractivity contribution in [2.24, 2.45) is 0 Å². The lowest BCUT2D eigenvalue weighted by atomic mass is 10.5. The van der Waals surface area contributed by atoms with Crippen LogP contribution in [0.4, 0.5) is 0 Å². The maximum absolute atomic E-state index is 9.56. The molecule has 0 atom stereocenters. The van der Waals surface area contributed by atoms with E-state index in [1.807, 2.05) is 0 Å². The van der Waals surface area contributed by atoms with Gasteiger partial charge in [-0.05, 0) is 6.92 Å². The van der Waals surface area contributed by atoms with Crippen molar-refractivity contribution in [3.05, 3.63) is 0 Å². The standard InChI is InChI=1S/C4H9NO2.C2H6O4S/c6-5-1-3-7-4-2-5;1-2-6-7(3,4)5/h6H,1-4H2;2H2,1H3,(H,3,4,5). The van der Waals surface area contributed by atoms with Gasteiger partial charge in [-0.25, -0.2) is 4.18 Å². The van der Waals surface area contributed by atoms with Gasteiger partial charge in [0, 0.05) is 13.1 Å². The summed E-state index contributed by atoms with van der Waals surface area (Å²) in [4.78, 5) is 0. The van der Waals surface area contributed by atoms with Crippen molar-refractivity contribution in [3.63, 3.8) is 0 Å². The van der Waals surface area contributed by atoms with Gasteiger partial charge in [0.1, 0.15) is 0 Å². The van der Waals surface area contributed by atoms with Gasteiger partial charge in [0.05, 0.1) is 19.8 Å². The second-order valence-electron chi connectivity index (χ2n) is 2.40. The fourth-order valence-electron chi connectivity index (χ4n) is 0.703. The predicted molar refractivity (Wildman–Crippen MR) is 47.4 cm³/mol. The molecule has 1 aliphatic rings. The van der Waals surface area contributed by atoms with Gasteiger partial charge in [-0.1, -0.05) is 0 Å². The largest absolute Gasteiger partial charge is 0.397 e. The summed E-state index contributed by atoms with van der Waals surface area (Å²) < 4.78 is 35.6. The van der Waals surface area contributed by atoms with E-state index in [1.165, 1.54) is 12.0 Å². The van der Waals surface area contributed by atoms with Crippen LogP contribution in [0.3, 0.4) is 0 Å². The fraction of sp³-hybridized carbons (Fsp3) is 1.00. The molecule has 14 heavy (non-hydrogen) atoms. The summed E-state index contributed by atoms with van der Waals surface area (Å²) in [7, 11) is -4.17. The van der Waals surface area contributed by atoms with Crippen molar-refractivity contribution in [1.29, 1.82) is 0 Å². The lowest BCUT2D eigenvalue weighted by molar-refractivity contribution is -0.143. The minimum absolute atomic E-state index is 0.0289. The van der Waals surface area contributed by atoms with Gasteiger partial charge in [0.25, 0.3) is 0 Å². The fourth-order valence-corrected chi connectivity index (χ4v) is 1.00. The van der Waals surface area contributed by atoms with E-state index in [0.717, 1.165) is 0 Å². The zero-order valence-corrected chi connectivity index (χ0v) is 8.73. The Morgan fingerprint density at radius 2 is 1.93 bits per heavy atom. The van der Waals surface area contributed by atoms with Crippen molar-refractivity contribution < 1.29 is 27.1 Å². The molecular weight excluding hydrogens is 214 g/mol. The number of hydrogen-bond donors (Lipinski definition) is 2. The van der Waals surface area contributed by atoms with Gasteiger partial charge in [-0.15, -0.1) is 0 Å². The molecule has 0 spiro atoms. The zero-order valence-electron chi connectivity index (χ0n) is 7.92. The Kier molecular flexibility index (Phi) is 6.97. The Morgan fingerprint density at radius 1 is 1.43 bits per heavy atom. The molecule has 1 aliphatic heterocycles. The summed E-state index contributed by atoms with van der Waals surface area (Å²) in [5, 5.41) is 9.93. The molecule has 2 N–H and O–H groups in total. The number of morpholine rings is 1. The number of ether oxygens (including phenoxy) is 1. The van der Waals surface area contributed by atoms with Crippen LogP contribution in [0, 0.1) is 0 Å². The van der Waals surface area contributed by atoms with Crippen LogP contribution in [0.2, 0.25) is 0 Å². The quantitative estimate of drug-likeness (QED) is 0.618. The molecule has 0 aromatic rings.